The fraction of sp³-hybridized carbons (Fsp3) is 0.250. The summed E-state index contributed by atoms with van der Waals surface area (Å²) in [6, 6.07) is 13.8. The standard InChI is InChI=1S/C28H25N5O2/c1-17-21(6-7-22-18(2)35-16-24(17)22)27(34)15-32-10-9-25-20(14-32)13-30-28(31-25)33-11-8-23-19(12-29)4-3-5-26(23)33/h3-8,11,13,27,34H,2,9-10,14-16H2,1H3. The number of hydrogen-bond donors (Lipinski definition) is 1. The first-order valence-corrected chi connectivity index (χ1v) is 11.7. The molecule has 174 valence electrons. The van der Waals surface area contributed by atoms with Crippen LogP contribution in [0, 0.1) is 18.3 Å². The van der Waals surface area contributed by atoms with E-state index in [2.05, 4.69) is 22.5 Å². The van der Waals surface area contributed by atoms with E-state index >= 15 is 0 Å². The Morgan fingerprint density at radius 2 is 2.14 bits per heavy atom. The number of nitriles is 1. The molecule has 2 aliphatic rings. The van der Waals surface area contributed by atoms with Crippen molar-refractivity contribution >= 4 is 16.7 Å². The molecule has 0 saturated carbocycles. The van der Waals surface area contributed by atoms with Crippen molar-refractivity contribution in [2.75, 3.05) is 13.1 Å². The zero-order chi connectivity index (χ0) is 24.1. The van der Waals surface area contributed by atoms with Crippen LogP contribution in [0.25, 0.3) is 22.6 Å². The van der Waals surface area contributed by atoms with Crippen LogP contribution in [0.1, 0.15) is 45.2 Å². The molecule has 1 N–H and O–H groups in total. The Hall–Kier alpha value is -3.99. The van der Waals surface area contributed by atoms with Gasteiger partial charge in [0.25, 0.3) is 0 Å². The number of aliphatic hydroxyl groups excluding tert-OH is 1. The van der Waals surface area contributed by atoms with E-state index in [0.29, 0.717) is 37.0 Å². The molecule has 0 bridgehead atoms. The number of hydrogen-bond acceptors (Lipinski definition) is 6. The van der Waals surface area contributed by atoms with Gasteiger partial charge in [0.05, 0.1) is 28.9 Å². The van der Waals surface area contributed by atoms with Gasteiger partial charge in [0.1, 0.15) is 12.4 Å². The van der Waals surface area contributed by atoms with Crippen LogP contribution in [0.4, 0.5) is 0 Å². The van der Waals surface area contributed by atoms with Crippen LogP contribution in [0.2, 0.25) is 0 Å². The Labute approximate surface area is 203 Å². The third-order valence-corrected chi connectivity index (χ3v) is 7.19. The van der Waals surface area contributed by atoms with E-state index in [4.69, 9.17) is 9.72 Å². The fourth-order valence-electron chi connectivity index (χ4n) is 5.24. The zero-order valence-electron chi connectivity index (χ0n) is 19.5. The van der Waals surface area contributed by atoms with Gasteiger partial charge in [0.15, 0.2) is 0 Å². The molecule has 1 atom stereocenters. The van der Waals surface area contributed by atoms with Gasteiger partial charge in [0.2, 0.25) is 5.95 Å². The Morgan fingerprint density at radius 3 is 3.00 bits per heavy atom. The van der Waals surface area contributed by atoms with Gasteiger partial charge in [-0.05, 0) is 36.2 Å². The second kappa shape index (κ2) is 8.35. The predicted octanol–water partition coefficient (Wildman–Crippen LogP) is 4.19. The summed E-state index contributed by atoms with van der Waals surface area (Å²) in [5.41, 5.74) is 7.86. The molecule has 4 aromatic rings. The first kappa shape index (κ1) is 21.5. The third kappa shape index (κ3) is 3.59. The summed E-state index contributed by atoms with van der Waals surface area (Å²) in [5.74, 6) is 1.31. The van der Waals surface area contributed by atoms with Gasteiger partial charge in [-0.3, -0.25) is 9.47 Å². The number of benzene rings is 2. The number of nitrogens with zero attached hydrogens (tertiary/aromatic N) is 5. The van der Waals surface area contributed by atoms with Crippen molar-refractivity contribution in [2.24, 2.45) is 0 Å². The van der Waals surface area contributed by atoms with Gasteiger partial charge < -0.3 is 9.84 Å². The van der Waals surface area contributed by atoms with E-state index in [1.807, 2.05) is 60.3 Å². The summed E-state index contributed by atoms with van der Waals surface area (Å²) in [6.07, 6.45) is 4.01. The van der Waals surface area contributed by atoms with Crippen LogP contribution < -0.4 is 0 Å². The van der Waals surface area contributed by atoms with Gasteiger partial charge in [0, 0.05) is 60.5 Å². The average molecular weight is 464 g/mol. The van der Waals surface area contributed by atoms with Crippen molar-refractivity contribution < 1.29 is 9.84 Å². The molecule has 7 nitrogen and oxygen atoms in total. The lowest BCUT2D eigenvalue weighted by Crippen LogP contribution is -2.35. The maximum Gasteiger partial charge on any atom is 0.234 e. The Bertz CT molecular complexity index is 1530. The van der Waals surface area contributed by atoms with Crippen molar-refractivity contribution in [3.8, 4) is 12.0 Å². The zero-order valence-corrected chi connectivity index (χ0v) is 19.5. The second-order valence-corrected chi connectivity index (χ2v) is 9.20. The Morgan fingerprint density at radius 1 is 1.26 bits per heavy atom. The minimum atomic E-state index is -0.587. The molecule has 7 heteroatoms. The Balaban J connectivity index is 1.21. The lowest BCUT2D eigenvalue weighted by atomic mass is 9.94. The monoisotopic (exact) mass is 463 g/mol. The average Bonchev–Trinajstić information content (AvgIpc) is 3.48. The quantitative estimate of drug-likeness (QED) is 0.488. The Kier molecular flexibility index (Phi) is 5.14. The second-order valence-electron chi connectivity index (χ2n) is 9.20. The summed E-state index contributed by atoms with van der Waals surface area (Å²) in [6.45, 7) is 8.57. The fourth-order valence-corrected chi connectivity index (χ4v) is 5.24. The minimum absolute atomic E-state index is 0.520. The molecule has 6 rings (SSSR count). The molecule has 0 amide bonds. The van der Waals surface area contributed by atoms with E-state index in [9.17, 15) is 10.4 Å². The van der Waals surface area contributed by atoms with Crippen LogP contribution in [0.5, 0.6) is 0 Å². The molecular weight excluding hydrogens is 438 g/mol. The van der Waals surface area contributed by atoms with Crippen molar-refractivity contribution in [1.29, 1.82) is 5.26 Å². The lowest BCUT2D eigenvalue weighted by molar-refractivity contribution is 0.105. The van der Waals surface area contributed by atoms with Crippen LogP contribution in [-0.2, 0) is 24.3 Å². The van der Waals surface area contributed by atoms with Crippen molar-refractivity contribution in [2.45, 2.75) is 32.6 Å². The van der Waals surface area contributed by atoms with Gasteiger partial charge in [-0.25, -0.2) is 9.97 Å². The topological polar surface area (TPSA) is 87.2 Å². The number of aromatic nitrogens is 3. The molecule has 1 unspecified atom stereocenters. The predicted molar refractivity (Wildman–Crippen MR) is 133 cm³/mol. The molecule has 0 aliphatic carbocycles. The number of ether oxygens (including phenoxy) is 1. The van der Waals surface area contributed by atoms with Gasteiger partial charge in [-0.15, -0.1) is 0 Å². The minimum Gasteiger partial charge on any atom is -0.489 e. The van der Waals surface area contributed by atoms with Crippen molar-refractivity contribution in [1.82, 2.24) is 19.4 Å². The van der Waals surface area contributed by atoms with Gasteiger partial charge in [-0.1, -0.05) is 24.8 Å². The largest absolute Gasteiger partial charge is 0.489 e. The van der Waals surface area contributed by atoms with Crippen molar-refractivity contribution in [3.63, 3.8) is 0 Å². The summed E-state index contributed by atoms with van der Waals surface area (Å²) >= 11 is 0. The molecule has 0 spiro atoms. The molecule has 2 aromatic heterocycles. The number of fused-ring (bicyclic) bond motifs is 3. The summed E-state index contributed by atoms with van der Waals surface area (Å²) < 4.78 is 7.52. The SMILES string of the molecule is C=C1OCc2c1ccc(C(O)CN1CCc3nc(-n4ccc5c(C#N)cccc54)ncc3C1)c2C. The van der Waals surface area contributed by atoms with E-state index in [0.717, 1.165) is 57.4 Å². The molecule has 35 heavy (non-hydrogen) atoms. The molecule has 0 radical (unpaired) electrons. The smallest absolute Gasteiger partial charge is 0.234 e. The number of rotatable bonds is 4. The molecule has 2 aliphatic heterocycles. The van der Waals surface area contributed by atoms with Crippen LogP contribution in [0.3, 0.4) is 0 Å². The summed E-state index contributed by atoms with van der Waals surface area (Å²) in [7, 11) is 0. The summed E-state index contributed by atoms with van der Waals surface area (Å²) in [5, 5.41) is 21.3. The lowest BCUT2D eigenvalue weighted by Gasteiger charge is -2.30. The normalized spacial score (nSPS) is 16.0. The van der Waals surface area contributed by atoms with Crippen LogP contribution in [-0.4, -0.2) is 37.6 Å². The highest BCUT2D eigenvalue weighted by Crippen LogP contribution is 2.34. The van der Waals surface area contributed by atoms with Gasteiger partial charge in [-0.2, -0.15) is 5.26 Å². The molecule has 4 heterocycles. The molecule has 0 saturated heterocycles. The molecule has 2 aromatic carbocycles. The van der Waals surface area contributed by atoms with Gasteiger partial charge >= 0.3 is 0 Å². The van der Waals surface area contributed by atoms with E-state index in [1.54, 1.807) is 0 Å². The highest BCUT2D eigenvalue weighted by Gasteiger charge is 2.25. The van der Waals surface area contributed by atoms with Crippen LogP contribution >= 0.6 is 0 Å². The first-order valence-electron chi connectivity index (χ1n) is 11.7. The maximum atomic E-state index is 11.0. The highest BCUT2D eigenvalue weighted by atomic mass is 16.5. The van der Waals surface area contributed by atoms with E-state index in [-0.39, 0.29) is 0 Å². The highest BCUT2D eigenvalue weighted by molar-refractivity contribution is 5.87. The first-order chi connectivity index (χ1) is 17.0. The summed E-state index contributed by atoms with van der Waals surface area (Å²) in [4.78, 5) is 11.7. The van der Waals surface area contributed by atoms with E-state index in [1.165, 1.54) is 0 Å². The molecular formula is C28H25N5O2. The number of β-amino-alcohol motifs (C(OH)–C–C–N with tert-alkyl or cyclic N) is 1. The van der Waals surface area contributed by atoms with Crippen molar-refractivity contribution in [3.05, 3.63) is 94.4 Å². The van der Waals surface area contributed by atoms with E-state index < -0.39 is 6.10 Å². The maximum absolute atomic E-state index is 11.0. The third-order valence-electron chi connectivity index (χ3n) is 7.19. The van der Waals surface area contributed by atoms with Crippen LogP contribution in [0.15, 0.2) is 55.4 Å². The molecule has 0 fully saturated rings. The number of aliphatic hydroxyl groups is 1.